The molecule has 0 aliphatic carbocycles. The van der Waals surface area contributed by atoms with Crippen LogP contribution in [0.4, 0.5) is 0 Å². The molecule has 0 N–H and O–H groups in total. The summed E-state index contributed by atoms with van der Waals surface area (Å²) in [5, 5.41) is 4.78. The number of aromatic nitrogens is 3. The zero-order valence-corrected chi connectivity index (χ0v) is 14.7. The zero-order chi connectivity index (χ0) is 16.5. The van der Waals surface area contributed by atoms with Gasteiger partial charge in [-0.2, -0.15) is 0 Å². The molecule has 1 unspecified atom stereocenters. The van der Waals surface area contributed by atoms with Gasteiger partial charge in [0.1, 0.15) is 4.83 Å². The van der Waals surface area contributed by atoms with Crippen molar-refractivity contribution in [3.8, 4) is 10.4 Å². The van der Waals surface area contributed by atoms with Crippen LogP contribution in [0.5, 0.6) is 0 Å². The number of rotatable bonds is 4. The molecule has 0 aromatic carbocycles. The zero-order valence-electron chi connectivity index (χ0n) is 13.0. The molecule has 120 valence electrons. The summed E-state index contributed by atoms with van der Waals surface area (Å²) >= 11 is 3.17. The minimum absolute atomic E-state index is 0.0229. The molecule has 4 heterocycles. The van der Waals surface area contributed by atoms with E-state index >= 15 is 0 Å². The molecule has 0 bridgehead atoms. The SMILES string of the molecule is CC(Cc1cccnc1)n1cnc2scc(-c3cccs3)c2c1=O. The number of fused-ring (bicyclic) bond motifs is 1. The topological polar surface area (TPSA) is 47.8 Å². The Morgan fingerprint density at radius 1 is 1.25 bits per heavy atom. The van der Waals surface area contributed by atoms with E-state index in [0.29, 0.717) is 0 Å². The van der Waals surface area contributed by atoms with Crippen molar-refractivity contribution >= 4 is 32.9 Å². The van der Waals surface area contributed by atoms with Crippen LogP contribution in [0, 0.1) is 0 Å². The molecule has 0 radical (unpaired) electrons. The highest BCUT2D eigenvalue weighted by atomic mass is 32.1. The molecular formula is C18H15N3OS2. The molecule has 4 nitrogen and oxygen atoms in total. The molecule has 0 fully saturated rings. The number of hydrogen-bond acceptors (Lipinski definition) is 5. The maximum absolute atomic E-state index is 13.1. The Morgan fingerprint density at radius 3 is 2.92 bits per heavy atom. The molecule has 0 spiro atoms. The summed E-state index contributed by atoms with van der Waals surface area (Å²) in [6, 6.07) is 8.02. The lowest BCUT2D eigenvalue weighted by Gasteiger charge is -2.14. The van der Waals surface area contributed by atoms with Gasteiger partial charge in [-0.3, -0.25) is 14.3 Å². The van der Waals surface area contributed by atoms with Gasteiger partial charge < -0.3 is 0 Å². The fraction of sp³-hybridized carbons (Fsp3) is 0.167. The fourth-order valence-electron chi connectivity index (χ4n) is 2.83. The second-order valence-corrected chi connectivity index (χ2v) is 7.48. The molecule has 24 heavy (non-hydrogen) atoms. The van der Waals surface area contributed by atoms with Crippen molar-refractivity contribution in [2.24, 2.45) is 0 Å². The Balaban J connectivity index is 1.78. The first kappa shape index (κ1) is 15.2. The lowest BCUT2D eigenvalue weighted by Crippen LogP contribution is -2.24. The summed E-state index contributed by atoms with van der Waals surface area (Å²) < 4.78 is 1.74. The summed E-state index contributed by atoms with van der Waals surface area (Å²) in [5.41, 5.74) is 2.13. The van der Waals surface area contributed by atoms with Gasteiger partial charge in [0.15, 0.2) is 0 Å². The molecule has 0 amide bonds. The molecule has 4 rings (SSSR count). The Morgan fingerprint density at radius 2 is 2.17 bits per heavy atom. The van der Waals surface area contributed by atoms with Crippen LogP contribution in [0.15, 0.2) is 58.5 Å². The van der Waals surface area contributed by atoms with Crippen LogP contribution < -0.4 is 5.56 Å². The van der Waals surface area contributed by atoms with Crippen LogP contribution in [-0.2, 0) is 6.42 Å². The number of hydrogen-bond donors (Lipinski definition) is 0. The lowest BCUT2D eigenvalue weighted by atomic mass is 10.1. The molecular weight excluding hydrogens is 338 g/mol. The van der Waals surface area contributed by atoms with Gasteiger partial charge in [-0.05, 0) is 36.4 Å². The van der Waals surface area contributed by atoms with E-state index < -0.39 is 0 Å². The summed E-state index contributed by atoms with van der Waals surface area (Å²) in [6.07, 6.45) is 6.02. The molecule has 0 aliphatic heterocycles. The van der Waals surface area contributed by atoms with E-state index in [1.807, 2.05) is 48.1 Å². The van der Waals surface area contributed by atoms with Gasteiger partial charge in [0.2, 0.25) is 0 Å². The third-order valence-electron chi connectivity index (χ3n) is 4.03. The first-order chi connectivity index (χ1) is 11.7. The van der Waals surface area contributed by atoms with Crippen LogP contribution in [0.25, 0.3) is 20.7 Å². The maximum atomic E-state index is 13.1. The minimum atomic E-state index is 0.0229. The second-order valence-electron chi connectivity index (χ2n) is 5.68. The van der Waals surface area contributed by atoms with E-state index in [0.717, 1.165) is 32.6 Å². The van der Waals surface area contributed by atoms with Crippen molar-refractivity contribution in [3.63, 3.8) is 0 Å². The Hall–Kier alpha value is -2.31. The number of nitrogens with zero attached hydrogens (tertiary/aromatic N) is 3. The van der Waals surface area contributed by atoms with Crippen LogP contribution >= 0.6 is 22.7 Å². The van der Waals surface area contributed by atoms with Crippen molar-refractivity contribution in [1.29, 1.82) is 0 Å². The van der Waals surface area contributed by atoms with Gasteiger partial charge in [0.25, 0.3) is 5.56 Å². The van der Waals surface area contributed by atoms with E-state index in [4.69, 9.17) is 0 Å². The Bertz CT molecular complexity index is 1020. The van der Waals surface area contributed by atoms with Crippen LogP contribution in [0.2, 0.25) is 0 Å². The summed E-state index contributed by atoms with van der Waals surface area (Å²) in [6.45, 7) is 2.04. The average Bonchev–Trinajstić information content (AvgIpc) is 3.25. The first-order valence-corrected chi connectivity index (χ1v) is 9.41. The smallest absolute Gasteiger partial charge is 0.262 e. The van der Waals surface area contributed by atoms with Crippen LogP contribution in [0.3, 0.4) is 0 Å². The van der Waals surface area contributed by atoms with E-state index in [-0.39, 0.29) is 11.6 Å². The first-order valence-electron chi connectivity index (χ1n) is 7.65. The Labute approximate surface area is 147 Å². The van der Waals surface area contributed by atoms with Crippen molar-refractivity contribution in [2.45, 2.75) is 19.4 Å². The van der Waals surface area contributed by atoms with Crippen molar-refractivity contribution in [3.05, 3.63) is 69.7 Å². The monoisotopic (exact) mass is 353 g/mol. The molecule has 4 aromatic rings. The van der Waals surface area contributed by atoms with Gasteiger partial charge in [-0.1, -0.05) is 12.1 Å². The number of pyridine rings is 1. The van der Waals surface area contributed by atoms with Crippen LogP contribution in [0.1, 0.15) is 18.5 Å². The fourth-order valence-corrected chi connectivity index (χ4v) is 4.55. The molecule has 6 heteroatoms. The van der Waals surface area contributed by atoms with E-state index in [9.17, 15) is 4.79 Å². The van der Waals surface area contributed by atoms with Crippen molar-refractivity contribution in [2.75, 3.05) is 0 Å². The van der Waals surface area contributed by atoms with Gasteiger partial charge in [0, 0.05) is 34.3 Å². The highest BCUT2D eigenvalue weighted by Crippen LogP contribution is 2.33. The summed E-state index contributed by atoms with van der Waals surface area (Å²) in [4.78, 5) is 23.6. The van der Waals surface area contributed by atoms with Crippen LogP contribution in [-0.4, -0.2) is 14.5 Å². The molecule has 1 atom stereocenters. The second kappa shape index (κ2) is 6.30. The average molecular weight is 353 g/mol. The van der Waals surface area contributed by atoms with E-state index in [1.165, 1.54) is 11.3 Å². The molecule has 0 saturated heterocycles. The van der Waals surface area contributed by atoms with Gasteiger partial charge >= 0.3 is 0 Å². The minimum Gasteiger partial charge on any atom is -0.295 e. The highest BCUT2D eigenvalue weighted by molar-refractivity contribution is 7.18. The van der Waals surface area contributed by atoms with Crippen molar-refractivity contribution < 1.29 is 0 Å². The predicted octanol–water partition coefficient (Wildman–Crippen LogP) is 4.39. The summed E-state index contributed by atoms with van der Waals surface area (Å²) in [5.74, 6) is 0. The molecule has 4 aromatic heterocycles. The lowest BCUT2D eigenvalue weighted by molar-refractivity contribution is 0.523. The Kier molecular flexibility index (Phi) is 4.00. The third kappa shape index (κ3) is 2.68. The number of thiophene rings is 2. The highest BCUT2D eigenvalue weighted by Gasteiger charge is 2.16. The largest absolute Gasteiger partial charge is 0.295 e. The molecule has 0 aliphatic rings. The molecule has 0 saturated carbocycles. The predicted molar refractivity (Wildman–Crippen MR) is 99.8 cm³/mol. The van der Waals surface area contributed by atoms with Gasteiger partial charge in [0.05, 0.1) is 11.7 Å². The van der Waals surface area contributed by atoms with Crippen molar-refractivity contribution in [1.82, 2.24) is 14.5 Å². The third-order valence-corrected chi connectivity index (χ3v) is 5.82. The summed E-state index contributed by atoms with van der Waals surface area (Å²) in [7, 11) is 0. The standard InChI is InChI=1S/C18H15N3OS2/c1-12(8-13-4-2-6-19-9-13)21-11-20-17-16(18(21)22)14(10-24-17)15-5-3-7-23-15/h2-7,9-12H,8H2,1H3. The van der Waals surface area contributed by atoms with Gasteiger partial charge in [-0.25, -0.2) is 4.98 Å². The van der Waals surface area contributed by atoms with Gasteiger partial charge in [-0.15, -0.1) is 22.7 Å². The quantitative estimate of drug-likeness (QED) is 0.547. The normalized spacial score (nSPS) is 12.5. The van der Waals surface area contributed by atoms with E-state index in [1.54, 1.807) is 28.4 Å². The maximum Gasteiger partial charge on any atom is 0.262 e. The van der Waals surface area contributed by atoms with E-state index in [2.05, 4.69) is 9.97 Å².